The highest BCUT2D eigenvalue weighted by Gasteiger charge is 2.34. The number of benzene rings is 2. The SMILES string of the molecule is O=C1c2ccccc2C(=O)N1CNc1cccc([N+](=O)[O-])c1. The van der Waals surface area contributed by atoms with Crippen molar-refractivity contribution in [3.05, 3.63) is 69.8 Å². The molecule has 2 amide bonds. The summed E-state index contributed by atoms with van der Waals surface area (Å²) in [5, 5.41) is 13.6. The first-order valence-corrected chi connectivity index (χ1v) is 6.51. The fourth-order valence-electron chi connectivity index (χ4n) is 2.28. The molecule has 0 aromatic heterocycles. The molecule has 0 unspecified atom stereocenters. The Morgan fingerprint density at radius 3 is 2.23 bits per heavy atom. The number of carbonyl (C=O) groups excluding carboxylic acids is 2. The van der Waals surface area contributed by atoms with E-state index in [2.05, 4.69) is 5.32 Å². The van der Waals surface area contributed by atoms with Crippen LogP contribution in [0.1, 0.15) is 20.7 Å². The van der Waals surface area contributed by atoms with Crippen molar-refractivity contribution in [2.75, 3.05) is 12.0 Å². The van der Waals surface area contributed by atoms with Crippen molar-refractivity contribution in [2.45, 2.75) is 0 Å². The minimum absolute atomic E-state index is 0.0481. The number of fused-ring (bicyclic) bond motifs is 1. The maximum atomic E-state index is 12.2. The molecule has 7 nitrogen and oxygen atoms in total. The van der Waals surface area contributed by atoms with Crippen molar-refractivity contribution in [1.29, 1.82) is 0 Å². The van der Waals surface area contributed by atoms with E-state index >= 15 is 0 Å². The van der Waals surface area contributed by atoms with Gasteiger partial charge in [0.05, 0.1) is 22.7 Å². The number of imide groups is 1. The number of nitro groups is 1. The average molecular weight is 297 g/mol. The number of hydrogen-bond acceptors (Lipinski definition) is 5. The molecule has 3 rings (SSSR count). The molecule has 2 aromatic carbocycles. The highest BCUT2D eigenvalue weighted by Crippen LogP contribution is 2.23. The van der Waals surface area contributed by atoms with Gasteiger partial charge in [-0.3, -0.25) is 24.6 Å². The zero-order valence-corrected chi connectivity index (χ0v) is 11.4. The van der Waals surface area contributed by atoms with Gasteiger partial charge in [0.15, 0.2) is 0 Å². The Hall–Kier alpha value is -3.22. The number of carbonyl (C=O) groups is 2. The summed E-state index contributed by atoms with van der Waals surface area (Å²) in [6, 6.07) is 12.5. The van der Waals surface area contributed by atoms with Crippen LogP contribution in [0.15, 0.2) is 48.5 Å². The minimum Gasteiger partial charge on any atom is -0.367 e. The van der Waals surface area contributed by atoms with Crippen molar-refractivity contribution in [1.82, 2.24) is 4.90 Å². The highest BCUT2D eigenvalue weighted by atomic mass is 16.6. The molecular formula is C15H11N3O4. The van der Waals surface area contributed by atoms with Gasteiger partial charge >= 0.3 is 0 Å². The summed E-state index contributed by atoms with van der Waals surface area (Å²) in [5.74, 6) is -0.753. The van der Waals surface area contributed by atoms with Crippen LogP contribution >= 0.6 is 0 Å². The Bertz CT molecular complexity index is 753. The average Bonchev–Trinajstić information content (AvgIpc) is 2.78. The van der Waals surface area contributed by atoms with E-state index in [1.165, 1.54) is 18.2 Å². The molecule has 0 bridgehead atoms. The summed E-state index contributed by atoms with van der Waals surface area (Å²) in [5.41, 5.74) is 1.14. The van der Waals surface area contributed by atoms with Crippen molar-refractivity contribution < 1.29 is 14.5 Å². The van der Waals surface area contributed by atoms with Gasteiger partial charge in [-0.1, -0.05) is 18.2 Å². The maximum absolute atomic E-state index is 12.2. The number of amides is 2. The maximum Gasteiger partial charge on any atom is 0.271 e. The number of hydrogen-bond donors (Lipinski definition) is 1. The van der Waals surface area contributed by atoms with Crippen molar-refractivity contribution in [3.8, 4) is 0 Å². The number of nitrogens with one attached hydrogen (secondary N) is 1. The van der Waals surface area contributed by atoms with E-state index in [0.29, 0.717) is 16.8 Å². The van der Waals surface area contributed by atoms with Crippen LogP contribution in [-0.2, 0) is 0 Å². The summed E-state index contributed by atoms with van der Waals surface area (Å²) in [6.07, 6.45) is 0. The summed E-state index contributed by atoms with van der Waals surface area (Å²) < 4.78 is 0. The summed E-state index contributed by atoms with van der Waals surface area (Å²) in [6.45, 7) is -0.0481. The second-order valence-electron chi connectivity index (χ2n) is 4.73. The Labute approximate surface area is 125 Å². The van der Waals surface area contributed by atoms with E-state index in [0.717, 1.165) is 4.90 Å². The molecule has 0 atom stereocenters. The monoisotopic (exact) mass is 297 g/mol. The van der Waals surface area contributed by atoms with Gasteiger partial charge in [-0.25, -0.2) is 0 Å². The van der Waals surface area contributed by atoms with Crippen LogP contribution in [0.5, 0.6) is 0 Å². The molecular weight excluding hydrogens is 286 g/mol. The van der Waals surface area contributed by atoms with Crippen molar-refractivity contribution >= 4 is 23.2 Å². The molecule has 0 saturated heterocycles. The van der Waals surface area contributed by atoms with Crippen LogP contribution in [0.25, 0.3) is 0 Å². The fraction of sp³-hybridized carbons (Fsp3) is 0.0667. The van der Waals surface area contributed by atoms with E-state index < -0.39 is 4.92 Å². The smallest absolute Gasteiger partial charge is 0.271 e. The van der Waals surface area contributed by atoms with Gasteiger partial charge in [0.25, 0.3) is 17.5 Å². The molecule has 22 heavy (non-hydrogen) atoms. The first-order valence-electron chi connectivity index (χ1n) is 6.51. The quantitative estimate of drug-likeness (QED) is 0.531. The van der Waals surface area contributed by atoms with Crippen LogP contribution in [0.2, 0.25) is 0 Å². The molecule has 0 saturated carbocycles. The van der Waals surface area contributed by atoms with E-state index in [-0.39, 0.29) is 24.2 Å². The van der Waals surface area contributed by atoms with Gasteiger partial charge in [0.1, 0.15) is 0 Å². The van der Waals surface area contributed by atoms with Gasteiger partial charge in [-0.05, 0) is 18.2 Å². The standard InChI is InChI=1S/C15H11N3O4/c19-14-12-6-1-2-7-13(12)15(20)17(14)9-16-10-4-3-5-11(8-10)18(21)22/h1-8,16H,9H2. The lowest BCUT2D eigenvalue weighted by atomic mass is 10.1. The van der Waals surface area contributed by atoms with E-state index in [1.807, 2.05) is 0 Å². The molecule has 110 valence electrons. The zero-order chi connectivity index (χ0) is 15.7. The zero-order valence-electron chi connectivity index (χ0n) is 11.4. The molecule has 7 heteroatoms. The number of rotatable bonds is 4. The third-order valence-electron chi connectivity index (χ3n) is 3.38. The van der Waals surface area contributed by atoms with Crippen molar-refractivity contribution in [3.63, 3.8) is 0 Å². The molecule has 1 aliphatic rings. The Morgan fingerprint density at radius 1 is 1.00 bits per heavy atom. The summed E-state index contributed by atoms with van der Waals surface area (Å²) in [7, 11) is 0. The number of non-ortho nitro benzene ring substituents is 1. The molecule has 0 radical (unpaired) electrons. The number of anilines is 1. The summed E-state index contributed by atoms with van der Waals surface area (Å²) in [4.78, 5) is 35.6. The summed E-state index contributed by atoms with van der Waals surface area (Å²) >= 11 is 0. The van der Waals surface area contributed by atoms with E-state index in [9.17, 15) is 19.7 Å². The largest absolute Gasteiger partial charge is 0.367 e. The third kappa shape index (κ3) is 2.28. The van der Waals surface area contributed by atoms with Crippen LogP contribution < -0.4 is 5.32 Å². The van der Waals surface area contributed by atoms with E-state index in [1.54, 1.807) is 30.3 Å². The van der Waals surface area contributed by atoms with Gasteiger partial charge in [0.2, 0.25) is 0 Å². The second kappa shape index (κ2) is 5.28. The molecule has 0 fully saturated rings. The first-order chi connectivity index (χ1) is 10.6. The lowest BCUT2D eigenvalue weighted by Crippen LogP contribution is -2.34. The Balaban J connectivity index is 1.76. The van der Waals surface area contributed by atoms with Gasteiger partial charge in [-0.2, -0.15) is 0 Å². The minimum atomic E-state index is -0.507. The fourth-order valence-corrected chi connectivity index (χ4v) is 2.28. The Morgan fingerprint density at radius 2 is 1.64 bits per heavy atom. The number of nitro benzene ring substituents is 1. The number of nitrogens with zero attached hydrogens (tertiary/aromatic N) is 2. The second-order valence-corrected chi connectivity index (χ2v) is 4.73. The molecule has 0 aliphatic carbocycles. The van der Waals surface area contributed by atoms with Crippen LogP contribution in [-0.4, -0.2) is 28.3 Å². The highest BCUT2D eigenvalue weighted by molar-refractivity contribution is 6.21. The van der Waals surface area contributed by atoms with Crippen LogP contribution in [0.4, 0.5) is 11.4 Å². The van der Waals surface area contributed by atoms with E-state index in [4.69, 9.17) is 0 Å². The normalized spacial score (nSPS) is 13.2. The third-order valence-corrected chi connectivity index (χ3v) is 3.38. The molecule has 0 spiro atoms. The molecule has 1 heterocycles. The lowest BCUT2D eigenvalue weighted by molar-refractivity contribution is -0.384. The predicted molar refractivity (Wildman–Crippen MR) is 78.5 cm³/mol. The van der Waals surface area contributed by atoms with Crippen LogP contribution in [0.3, 0.4) is 0 Å². The molecule has 1 N–H and O–H groups in total. The molecule has 1 aliphatic heterocycles. The van der Waals surface area contributed by atoms with Crippen LogP contribution in [0, 0.1) is 10.1 Å². The predicted octanol–water partition coefficient (Wildman–Crippen LogP) is 2.26. The van der Waals surface area contributed by atoms with Gasteiger partial charge in [-0.15, -0.1) is 0 Å². The lowest BCUT2D eigenvalue weighted by Gasteiger charge is -2.15. The van der Waals surface area contributed by atoms with Crippen molar-refractivity contribution in [2.24, 2.45) is 0 Å². The van der Waals surface area contributed by atoms with Gasteiger partial charge < -0.3 is 5.32 Å². The molecule has 2 aromatic rings. The first kappa shape index (κ1) is 13.7. The van der Waals surface area contributed by atoms with Gasteiger partial charge in [0, 0.05) is 17.8 Å². The Kier molecular flexibility index (Phi) is 3.30. The topological polar surface area (TPSA) is 92.6 Å².